The molecule has 0 unspecified atom stereocenters. The molecule has 0 aliphatic carbocycles. The van der Waals surface area contributed by atoms with Crippen LogP contribution in [0, 0.1) is 6.92 Å². The fourth-order valence-electron chi connectivity index (χ4n) is 1.79. The van der Waals surface area contributed by atoms with Crippen LogP contribution in [0.1, 0.15) is 5.69 Å². The molecular formula is C16H19N3O4S. The molecule has 128 valence electrons. The molecule has 2 rings (SSSR count). The zero-order valence-corrected chi connectivity index (χ0v) is 14.5. The highest BCUT2D eigenvalue weighted by molar-refractivity contribution is 7.92. The number of nitrogens with zero attached hydrogens (tertiary/aromatic N) is 2. The second kappa shape index (κ2) is 7.31. The SMILES string of the molecule is Cc1cccc(NS(=O)(=O)c2ccc(OCC(=O)N(C)C)cc2)n1. The Hall–Kier alpha value is -2.61. The molecule has 0 radical (unpaired) electrons. The van der Waals surface area contributed by atoms with E-state index >= 15 is 0 Å². The van der Waals surface area contributed by atoms with Crippen LogP contribution in [-0.2, 0) is 14.8 Å². The second-order valence-electron chi connectivity index (χ2n) is 5.32. The lowest BCUT2D eigenvalue weighted by atomic mass is 10.3. The summed E-state index contributed by atoms with van der Waals surface area (Å²) in [6.07, 6.45) is 0. The molecule has 0 fully saturated rings. The van der Waals surface area contributed by atoms with Gasteiger partial charge in [-0.1, -0.05) is 6.07 Å². The van der Waals surface area contributed by atoms with Gasteiger partial charge in [0.15, 0.2) is 6.61 Å². The molecule has 8 heteroatoms. The van der Waals surface area contributed by atoms with Gasteiger partial charge in [0.05, 0.1) is 4.90 Å². The van der Waals surface area contributed by atoms with Gasteiger partial charge in [0.25, 0.3) is 15.9 Å². The normalized spacial score (nSPS) is 11.0. The average Bonchev–Trinajstić information content (AvgIpc) is 2.52. The Bertz CT molecular complexity index is 817. The van der Waals surface area contributed by atoms with Crippen LogP contribution in [0.2, 0.25) is 0 Å². The van der Waals surface area contributed by atoms with Crippen molar-refractivity contribution in [2.75, 3.05) is 25.4 Å². The minimum atomic E-state index is -3.73. The van der Waals surface area contributed by atoms with Crippen LogP contribution in [0.5, 0.6) is 5.75 Å². The number of nitrogens with one attached hydrogen (secondary N) is 1. The molecule has 0 saturated carbocycles. The summed E-state index contributed by atoms with van der Waals surface area (Å²) >= 11 is 0. The first kappa shape index (κ1) is 17.7. The number of ether oxygens (including phenoxy) is 1. The number of aryl methyl sites for hydroxylation is 1. The van der Waals surface area contributed by atoms with Crippen LogP contribution >= 0.6 is 0 Å². The topological polar surface area (TPSA) is 88.6 Å². The molecule has 1 aromatic carbocycles. The molecule has 1 N–H and O–H groups in total. The van der Waals surface area contributed by atoms with Gasteiger partial charge in [0.1, 0.15) is 11.6 Å². The Kier molecular flexibility index (Phi) is 5.40. The molecule has 2 aromatic rings. The van der Waals surface area contributed by atoms with Gasteiger partial charge < -0.3 is 9.64 Å². The minimum Gasteiger partial charge on any atom is -0.484 e. The number of pyridine rings is 1. The van der Waals surface area contributed by atoms with Gasteiger partial charge >= 0.3 is 0 Å². The summed E-state index contributed by atoms with van der Waals surface area (Å²) < 4.78 is 32.4. The Labute approximate surface area is 141 Å². The van der Waals surface area contributed by atoms with Crippen molar-refractivity contribution in [3.8, 4) is 5.75 Å². The first-order valence-corrected chi connectivity index (χ1v) is 8.66. The summed E-state index contributed by atoms with van der Waals surface area (Å²) in [6.45, 7) is 1.67. The zero-order chi connectivity index (χ0) is 17.7. The van der Waals surface area contributed by atoms with Gasteiger partial charge in [0.2, 0.25) is 0 Å². The van der Waals surface area contributed by atoms with E-state index in [1.807, 2.05) is 0 Å². The van der Waals surface area contributed by atoms with Crippen molar-refractivity contribution < 1.29 is 17.9 Å². The molecule has 0 aliphatic heterocycles. The summed E-state index contributed by atoms with van der Waals surface area (Å²) in [4.78, 5) is 17.1. The van der Waals surface area contributed by atoms with Crippen molar-refractivity contribution in [2.45, 2.75) is 11.8 Å². The number of likely N-dealkylation sites (N-methyl/N-ethyl adjacent to an activating group) is 1. The van der Waals surface area contributed by atoms with Crippen LogP contribution in [0.3, 0.4) is 0 Å². The van der Waals surface area contributed by atoms with E-state index in [1.54, 1.807) is 39.2 Å². The Morgan fingerprint density at radius 3 is 2.42 bits per heavy atom. The maximum atomic E-state index is 12.3. The number of anilines is 1. The smallest absolute Gasteiger partial charge is 0.263 e. The van der Waals surface area contributed by atoms with Gasteiger partial charge in [-0.05, 0) is 43.3 Å². The highest BCUT2D eigenvalue weighted by Gasteiger charge is 2.15. The van der Waals surface area contributed by atoms with E-state index in [4.69, 9.17) is 4.74 Å². The molecule has 7 nitrogen and oxygen atoms in total. The molecule has 1 heterocycles. The Morgan fingerprint density at radius 1 is 1.17 bits per heavy atom. The van der Waals surface area contributed by atoms with Crippen LogP contribution < -0.4 is 9.46 Å². The molecule has 24 heavy (non-hydrogen) atoms. The highest BCUT2D eigenvalue weighted by atomic mass is 32.2. The average molecular weight is 349 g/mol. The molecule has 0 atom stereocenters. The lowest BCUT2D eigenvalue weighted by molar-refractivity contribution is -0.130. The maximum absolute atomic E-state index is 12.3. The van der Waals surface area contributed by atoms with Gasteiger partial charge in [-0.15, -0.1) is 0 Å². The van der Waals surface area contributed by atoms with Crippen LogP contribution in [0.25, 0.3) is 0 Å². The lowest BCUT2D eigenvalue weighted by Crippen LogP contribution is -2.27. The third-order valence-electron chi connectivity index (χ3n) is 3.12. The van der Waals surface area contributed by atoms with E-state index in [0.29, 0.717) is 11.4 Å². The van der Waals surface area contributed by atoms with E-state index < -0.39 is 10.0 Å². The number of sulfonamides is 1. The number of rotatable bonds is 6. The van der Waals surface area contributed by atoms with E-state index in [9.17, 15) is 13.2 Å². The first-order valence-electron chi connectivity index (χ1n) is 7.17. The number of carbonyl (C=O) groups excluding carboxylic acids is 1. The van der Waals surface area contributed by atoms with Crippen LogP contribution in [-0.4, -0.2) is 44.9 Å². The lowest BCUT2D eigenvalue weighted by Gasteiger charge is -2.12. The minimum absolute atomic E-state index is 0.0806. The summed E-state index contributed by atoms with van der Waals surface area (Å²) in [7, 11) is -0.472. The van der Waals surface area contributed by atoms with E-state index in [1.165, 1.54) is 29.2 Å². The largest absolute Gasteiger partial charge is 0.484 e. The summed E-state index contributed by atoms with van der Waals surface area (Å²) in [5, 5.41) is 0. The van der Waals surface area contributed by atoms with Gasteiger partial charge in [-0.25, -0.2) is 13.4 Å². The first-order chi connectivity index (χ1) is 11.3. The van der Waals surface area contributed by atoms with Crippen molar-refractivity contribution in [3.63, 3.8) is 0 Å². The summed E-state index contributed by atoms with van der Waals surface area (Å²) in [5.74, 6) is 0.489. The zero-order valence-electron chi connectivity index (χ0n) is 13.7. The van der Waals surface area contributed by atoms with Crippen LogP contribution in [0.4, 0.5) is 5.82 Å². The quantitative estimate of drug-likeness (QED) is 0.857. The Balaban J connectivity index is 2.07. The number of hydrogen-bond acceptors (Lipinski definition) is 5. The summed E-state index contributed by atoms with van der Waals surface area (Å²) in [6, 6.07) is 10.9. The molecule has 0 saturated heterocycles. The van der Waals surface area contributed by atoms with Crippen molar-refractivity contribution in [2.24, 2.45) is 0 Å². The van der Waals surface area contributed by atoms with Crippen molar-refractivity contribution in [1.82, 2.24) is 9.88 Å². The predicted molar refractivity (Wildman–Crippen MR) is 90.4 cm³/mol. The predicted octanol–water partition coefficient (Wildman–Crippen LogP) is 1.66. The Morgan fingerprint density at radius 2 is 1.83 bits per heavy atom. The summed E-state index contributed by atoms with van der Waals surface area (Å²) in [5.41, 5.74) is 0.713. The number of aromatic nitrogens is 1. The third kappa shape index (κ3) is 4.69. The number of amides is 1. The molecular weight excluding hydrogens is 330 g/mol. The maximum Gasteiger partial charge on any atom is 0.263 e. The standard InChI is InChI=1S/C16H19N3O4S/c1-12-5-4-6-15(17-12)18-24(21,22)14-9-7-13(8-10-14)23-11-16(20)19(2)3/h4-10H,11H2,1-3H3,(H,17,18). The van der Waals surface area contributed by atoms with Gasteiger partial charge in [0, 0.05) is 19.8 Å². The molecule has 0 spiro atoms. The molecule has 1 amide bonds. The van der Waals surface area contributed by atoms with Crippen LogP contribution in [0.15, 0.2) is 47.4 Å². The fourth-order valence-corrected chi connectivity index (χ4v) is 2.79. The number of hydrogen-bond donors (Lipinski definition) is 1. The highest BCUT2D eigenvalue weighted by Crippen LogP contribution is 2.18. The van der Waals surface area contributed by atoms with E-state index in [2.05, 4.69) is 9.71 Å². The van der Waals surface area contributed by atoms with Crippen molar-refractivity contribution >= 4 is 21.7 Å². The van der Waals surface area contributed by atoms with Crippen molar-refractivity contribution in [3.05, 3.63) is 48.2 Å². The molecule has 1 aromatic heterocycles. The van der Waals surface area contributed by atoms with E-state index in [-0.39, 0.29) is 23.2 Å². The number of benzene rings is 1. The van der Waals surface area contributed by atoms with Crippen molar-refractivity contribution in [1.29, 1.82) is 0 Å². The fraction of sp³-hybridized carbons (Fsp3) is 0.250. The second-order valence-corrected chi connectivity index (χ2v) is 7.00. The molecule has 0 bridgehead atoms. The third-order valence-corrected chi connectivity index (χ3v) is 4.49. The number of carbonyl (C=O) groups is 1. The molecule has 0 aliphatic rings. The monoisotopic (exact) mass is 349 g/mol. The van der Waals surface area contributed by atoms with E-state index in [0.717, 1.165) is 0 Å². The van der Waals surface area contributed by atoms with Gasteiger partial charge in [-0.3, -0.25) is 9.52 Å². The van der Waals surface area contributed by atoms with Gasteiger partial charge in [-0.2, -0.15) is 0 Å².